The predicted octanol–water partition coefficient (Wildman–Crippen LogP) is 1.41. The molecule has 2 aliphatic heterocycles. The largest absolute Gasteiger partial charge is 0.447 e. The first-order valence-electron chi connectivity index (χ1n) is 9.11. The second-order valence-electron chi connectivity index (χ2n) is 7.73. The molecule has 2 amide bonds. The molecule has 0 bridgehead atoms. The molecule has 1 aromatic rings. The number of nitrogens with zero attached hydrogens (tertiary/aromatic N) is 1. The number of aryl methyl sites for hydroxylation is 1. The number of alkyl carbamates (subject to hydrolysis) is 1. The Morgan fingerprint density at radius 3 is 2.57 bits per heavy atom. The van der Waals surface area contributed by atoms with Gasteiger partial charge < -0.3 is 19.7 Å². The lowest BCUT2D eigenvalue weighted by Crippen LogP contribution is -2.70. The van der Waals surface area contributed by atoms with Crippen LogP contribution in [-0.2, 0) is 23.8 Å². The summed E-state index contributed by atoms with van der Waals surface area (Å²) < 4.78 is 39.8. The lowest BCUT2D eigenvalue weighted by molar-refractivity contribution is -0.0355. The highest BCUT2D eigenvalue weighted by atomic mass is 32.2. The third kappa shape index (κ3) is 3.79. The molecule has 2 saturated heterocycles. The van der Waals surface area contributed by atoms with Crippen LogP contribution in [0.5, 0.6) is 0 Å². The summed E-state index contributed by atoms with van der Waals surface area (Å²) >= 11 is 0. The summed E-state index contributed by atoms with van der Waals surface area (Å²) in [6.07, 6.45) is -0.00451. The maximum atomic E-state index is 12.2. The van der Waals surface area contributed by atoms with Crippen molar-refractivity contribution in [3.63, 3.8) is 0 Å². The van der Waals surface area contributed by atoms with Crippen molar-refractivity contribution in [2.24, 2.45) is 5.92 Å². The monoisotopic (exact) mass is 410 g/mol. The van der Waals surface area contributed by atoms with Crippen LogP contribution in [0.3, 0.4) is 0 Å². The van der Waals surface area contributed by atoms with Gasteiger partial charge in [-0.15, -0.1) is 0 Å². The number of nitrogens with one attached hydrogen (secondary N) is 1. The molecule has 9 nitrogen and oxygen atoms in total. The molecule has 0 unspecified atom stereocenters. The first-order valence-corrected chi connectivity index (χ1v) is 10.5. The van der Waals surface area contributed by atoms with Gasteiger partial charge in [0.15, 0.2) is 0 Å². The first-order chi connectivity index (χ1) is 13.2. The minimum Gasteiger partial charge on any atom is -0.447 e. The van der Waals surface area contributed by atoms with Crippen LogP contribution >= 0.6 is 0 Å². The van der Waals surface area contributed by atoms with Crippen molar-refractivity contribution < 1.29 is 31.7 Å². The minimum atomic E-state index is -3.78. The van der Waals surface area contributed by atoms with E-state index in [4.69, 9.17) is 13.7 Å². The molecule has 1 aromatic carbocycles. The molecule has 0 radical (unpaired) electrons. The standard InChI is InChI=1S/C18H22N2O7S/c1-12-2-4-15(5-3-12)28(23,24)26-8-13-6-14(7-13)27-17(22)20-9-18(10-20)11-25-16(21)19-18/h2-5,13-14H,6-11H2,1H3,(H,19,21). The van der Waals surface area contributed by atoms with E-state index < -0.39 is 27.8 Å². The van der Waals surface area contributed by atoms with Crippen LogP contribution in [0.25, 0.3) is 0 Å². The number of benzene rings is 1. The van der Waals surface area contributed by atoms with E-state index in [2.05, 4.69) is 5.32 Å². The number of hydrogen-bond donors (Lipinski definition) is 1. The highest BCUT2D eigenvalue weighted by molar-refractivity contribution is 7.86. The SMILES string of the molecule is Cc1ccc(S(=O)(=O)OCC2CC(OC(=O)N3CC4(COC(=O)N4)C3)C2)cc1. The molecule has 0 atom stereocenters. The fourth-order valence-electron chi connectivity index (χ4n) is 3.56. The maximum Gasteiger partial charge on any atom is 0.410 e. The number of ether oxygens (including phenoxy) is 2. The van der Waals surface area contributed by atoms with Gasteiger partial charge in [-0.2, -0.15) is 8.42 Å². The molecule has 4 rings (SSSR count). The summed E-state index contributed by atoms with van der Waals surface area (Å²) in [6, 6.07) is 6.48. The zero-order valence-corrected chi connectivity index (χ0v) is 16.2. The molecule has 28 heavy (non-hydrogen) atoms. The molecule has 10 heteroatoms. The molecule has 0 aromatic heterocycles. The van der Waals surface area contributed by atoms with Gasteiger partial charge in [0, 0.05) is 0 Å². The van der Waals surface area contributed by atoms with E-state index in [-0.39, 0.29) is 30.1 Å². The Balaban J connectivity index is 1.17. The molecular weight excluding hydrogens is 388 g/mol. The molecule has 1 spiro atoms. The Morgan fingerprint density at radius 2 is 1.96 bits per heavy atom. The Bertz CT molecular complexity index is 872. The van der Waals surface area contributed by atoms with E-state index in [1.165, 1.54) is 17.0 Å². The van der Waals surface area contributed by atoms with Crippen molar-refractivity contribution in [1.82, 2.24) is 10.2 Å². The highest BCUT2D eigenvalue weighted by Crippen LogP contribution is 2.33. The molecular formula is C18H22N2O7S. The van der Waals surface area contributed by atoms with Gasteiger partial charge in [-0.1, -0.05) is 17.7 Å². The van der Waals surface area contributed by atoms with Crippen molar-refractivity contribution >= 4 is 22.3 Å². The quantitative estimate of drug-likeness (QED) is 0.731. The average molecular weight is 410 g/mol. The normalized spacial score (nSPS) is 25.5. The van der Waals surface area contributed by atoms with E-state index in [0.717, 1.165) is 5.56 Å². The van der Waals surface area contributed by atoms with Crippen LogP contribution in [0.1, 0.15) is 18.4 Å². The number of rotatable bonds is 5. The molecule has 1 aliphatic carbocycles. The van der Waals surface area contributed by atoms with E-state index in [0.29, 0.717) is 25.9 Å². The Kier molecular flexibility index (Phi) is 4.70. The lowest BCUT2D eigenvalue weighted by atomic mass is 9.83. The molecule has 2 heterocycles. The molecule has 1 N–H and O–H groups in total. The summed E-state index contributed by atoms with van der Waals surface area (Å²) in [5.41, 5.74) is 0.495. The fourth-order valence-corrected chi connectivity index (χ4v) is 4.54. The van der Waals surface area contributed by atoms with Crippen LogP contribution in [0.4, 0.5) is 9.59 Å². The summed E-state index contributed by atoms with van der Waals surface area (Å²) in [4.78, 5) is 24.9. The zero-order chi connectivity index (χ0) is 19.9. The summed E-state index contributed by atoms with van der Waals surface area (Å²) in [7, 11) is -3.78. The number of carbonyl (C=O) groups is 2. The summed E-state index contributed by atoms with van der Waals surface area (Å²) in [5.74, 6) is 0.0308. The van der Waals surface area contributed by atoms with Gasteiger partial charge in [-0.25, -0.2) is 9.59 Å². The zero-order valence-electron chi connectivity index (χ0n) is 15.4. The minimum absolute atomic E-state index is 0.0308. The Hall–Kier alpha value is -2.33. The first kappa shape index (κ1) is 19.0. The molecule has 152 valence electrons. The predicted molar refractivity (Wildman–Crippen MR) is 96.1 cm³/mol. The van der Waals surface area contributed by atoms with Gasteiger partial charge in [0.1, 0.15) is 18.2 Å². The fraction of sp³-hybridized carbons (Fsp3) is 0.556. The van der Waals surface area contributed by atoms with Crippen LogP contribution < -0.4 is 5.32 Å². The number of likely N-dealkylation sites (tertiary alicyclic amines) is 1. The van der Waals surface area contributed by atoms with E-state index >= 15 is 0 Å². The van der Waals surface area contributed by atoms with E-state index in [1.54, 1.807) is 12.1 Å². The highest BCUT2D eigenvalue weighted by Gasteiger charge is 2.52. The number of amides is 2. The van der Waals surface area contributed by atoms with E-state index in [9.17, 15) is 18.0 Å². The Morgan fingerprint density at radius 1 is 1.29 bits per heavy atom. The van der Waals surface area contributed by atoms with Gasteiger partial charge in [0.05, 0.1) is 24.6 Å². The second-order valence-corrected chi connectivity index (χ2v) is 9.35. The third-order valence-corrected chi connectivity index (χ3v) is 6.62. The van der Waals surface area contributed by atoms with Gasteiger partial charge >= 0.3 is 12.2 Å². The van der Waals surface area contributed by atoms with Gasteiger partial charge in [0.2, 0.25) is 0 Å². The van der Waals surface area contributed by atoms with Crippen molar-refractivity contribution in [2.45, 2.75) is 36.3 Å². The van der Waals surface area contributed by atoms with Gasteiger partial charge in [-0.05, 0) is 37.8 Å². The van der Waals surface area contributed by atoms with Crippen LogP contribution in [-0.4, -0.2) is 63.5 Å². The molecule has 3 aliphatic rings. The van der Waals surface area contributed by atoms with Gasteiger partial charge in [-0.3, -0.25) is 4.18 Å². The smallest absolute Gasteiger partial charge is 0.410 e. The topological polar surface area (TPSA) is 111 Å². The van der Waals surface area contributed by atoms with Crippen molar-refractivity contribution in [3.05, 3.63) is 29.8 Å². The lowest BCUT2D eigenvalue weighted by Gasteiger charge is -2.46. The van der Waals surface area contributed by atoms with Gasteiger partial charge in [0.25, 0.3) is 10.1 Å². The second kappa shape index (κ2) is 6.93. The van der Waals surface area contributed by atoms with E-state index in [1.807, 2.05) is 6.92 Å². The number of hydrogen-bond acceptors (Lipinski definition) is 7. The summed E-state index contributed by atoms with van der Waals surface area (Å²) in [6.45, 7) is 2.94. The van der Waals surface area contributed by atoms with Crippen molar-refractivity contribution in [1.29, 1.82) is 0 Å². The molecule has 1 saturated carbocycles. The van der Waals surface area contributed by atoms with Crippen molar-refractivity contribution in [2.75, 3.05) is 26.3 Å². The van der Waals surface area contributed by atoms with Crippen LogP contribution in [0, 0.1) is 12.8 Å². The summed E-state index contributed by atoms with van der Waals surface area (Å²) in [5, 5.41) is 2.70. The van der Waals surface area contributed by atoms with Crippen LogP contribution in [0.2, 0.25) is 0 Å². The maximum absolute atomic E-state index is 12.2. The molecule has 3 fully saturated rings. The Labute approximate surface area is 163 Å². The van der Waals surface area contributed by atoms with Crippen molar-refractivity contribution in [3.8, 4) is 0 Å². The number of cyclic esters (lactones) is 1. The van der Waals surface area contributed by atoms with Crippen LogP contribution in [0.15, 0.2) is 29.2 Å². The average Bonchev–Trinajstić information content (AvgIpc) is 2.98. The number of carbonyl (C=O) groups excluding carboxylic acids is 2. The third-order valence-electron chi connectivity index (χ3n) is 5.32.